The molecule has 0 aliphatic carbocycles. The van der Waals surface area contributed by atoms with Crippen molar-refractivity contribution in [3.63, 3.8) is 0 Å². The van der Waals surface area contributed by atoms with Gasteiger partial charge >= 0.3 is 0 Å². The van der Waals surface area contributed by atoms with Gasteiger partial charge in [0.05, 0.1) is 52.7 Å². The van der Waals surface area contributed by atoms with Gasteiger partial charge in [-0.3, -0.25) is 19.3 Å². The zero-order valence-corrected chi connectivity index (χ0v) is 21.9. The number of pyridine rings is 3. The van der Waals surface area contributed by atoms with Crippen LogP contribution >= 0.6 is 0 Å². The predicted molar refractivity (Wildman–Crippen MR) is 154 cm³/mol. The molecule has 6 aromatic heterocycles. The van der Waals surface area contributed by atoms with Crippen molar-refractivity contribution in [2.75, 3.05) is 23.7 Å². The topological polar surface area (TPSA) is 147 Å². The number of piperidine rings is 1. The molecule has 0 unspecified atom stereocenters. The number of carbonyl (C=O) groups is 2. The number of aromatic amines is 1. The molecule has 1 aliphatic heterocycles. The van der Waals surface area contributed by atoms with E-state index >= 15 is 0 Å². The lowest BCUT2D eigenvalue weighted by atomic mass is 10.0. The average Bonchev–Trinajstić information content (AvgIpc) is 3.76. The van der Waals surface area contributed by atoms with Gasteiger partial charge < -0.3 is 20.9 Å². The predicted octanol–water partition coefficient (Wildman–Crippen LogP) is 3.90. The smallest absolute Gasteiger partial charge is 0.259 e. The molecule has 2 amide bonds. The van der Waals surface area contributed by atoms with E-state index in [4.69, 9.17) is 0 Å². The van der Waals surface area contributed by atoms with E-state index < -0.39 is 0 Å². The van der Waals surface area contributed by atoms with Gasteiger partial charge in [-0.2, -0.15) is 10.2 Å². The second-order valence-electron chi connectivity index (χ2n) is 9.97. The van der Waals surface area contributed by atoms with Gasteiger partial charge in [0.15, 0.2) is 0 Å². The minimum Gasteiger partial charge on any atom is -0.346 e. The van der Waals surface area contributed by atoms with Gasteiger partial charge in [-0.05, 0) is 61.8 Å². The highest BCUT2D eigenvalue weighted by atomic mass is 16.2. The van der Waals surface area contributed by atoms with E-state index in [9.17, 15) is 9.59 Å². The van der Waals surface area contributed by atoms with Gasteiger partial charge in [-0.1, -0.05) is 0 Å². The van der Waals surface area contributed by atoms with Crippen LogP contribution < -0.4 is 16.0 Å². The number of hydrogen-bond donors (Lipinski definition) is 4. The average molecular weight is 547 g/mol. The van der Waals surface area contributed by atoms with Crippen molar-refractivity contribution in [1.82, 2.24) is 39.7 Å². The van der Waals surface area contributed by atoms with Crippen molar-refractivity contribution in [2.24, 2.45) is 0 Å². The van der Waals surface area contributed by atoms with E-state index in [2.05, 4.69) is 41.1 Å². The van der Waals surface area contributed by atoms with E-state index in [0.717, 1.165) is 42.4 Å². The summed E-state index contributed by atoms with van der Waals surface area (Å²) >= 11 is 0. The SMILES string of the molecule is O=C(Nc1cnn(C2CCNCC2)c1)c1cnc2[nH]cc(-c3ccn4ncc(C(=O)Nc5cccnc5)c4c3)c2c1. The third-order valence-corrected chi connectivity index (χ3v) is 7.33. The van der Waals surface area contributed by atoms with Crippen molar-refractivity contribution in [2.45, 2.75) is 18.9 Å². The molecule has 4 N–H and O–H groups in total. The van der Waals surface area contributed by atoms with Gasteiger partial charge in [0, 0.05) is 41.9 Å². The maximum absolute atomic E-state index is 13.2. The number of nitrogens with one attached hydrogen (secondary N) is 4. The minimum atomic E-state index is -0.284. The lowest BCUT2D eigenvalue weighted by Crippen LogP contribution is -2.29. The quantitative estimate of drug-likeness (QED) is 0.248. The third kappa shape index (κ3) is 4.80. The van der Waals surface area contributed by atoms with Crippen LogP contribution in [0.3, 0.4) is 0 Å². The lowest BCUT2D eigenvalue weighted by molar-refractivity contribution is 0.101. The summed E-state index contributed by atoms with van der Waals surface area (Å²) in [7, 11) is 0. The number of hydrogen-bond acceptors (Lipinski definition) is 7. The number of H-pyrrole nitrogens is 1. The van der Waals surface area contributed by atoms with Crippen LogP contribution in [0.4, 0.5) is 11.4 Å². The fourth-order valence-corrected chi connectivity index (χ4v) is 5.20. The van der Waals surface area contributed by atoms with Crippen LogP contribution in [-0.4, -0.2) is 59.3 Å². The standard InChI is InChI=1S/C29H26N10O2/c40-28(37-21-14-34-39(17-21)22-3-7-30-8-4-22)19-10-23-24(15-33-27(23)32-12-19)18-5-9-38-26(11-18)25(16-35-38)29(41)36-20-2-1-6-31-13-20/h1-2,5-6,9-17,22,30H,3-4,7-8H2,(H,32,33)(H,36,41)(H,37,40). The Morgan fingerprint density at radius 2 is 1.83 bits per heavy atom. The van der Waals surface area contributed by atoms with Crippen LogP contribution in [0.25, 0.3) is 27.7 Å². The summed E-state index contributed by atoms with van der Waals surface area (Å²) in [6.45, 7) is 1.93. The molecule has 1 saturated heterocycles. The highest BCUT2D eigenvalue weighted by Gasteiger charge is 2.18. The Morgan fingerprint density at radius 1 is 0.951 bits per heavy atom. The highest BCUT2D eigenvalue weighted by molar-refractivity contribution is 6.10. The second kappa shape index (κ2) is 10.3. The van der Waals surface area contributed by atoms with E-state index in [0.29, 0.717) is 39.7 Å². The molecule has 7 rings (SSSR count). The van der Waals surface area contributed by atoms with Crippen LogP contribution in [0.2, 0.25) is 0 Å². The Labute approximate surface area is 233 Å². The van der Waals surface area contributed by atoms with Crippen LogP contribution in [0, 0.1) is 0 Å². The van der Waals surface area contributed by atoms with Crippen molar-refractivity contribution >= 4 is 39.7 Å². The van der Waals surface area contributed by atoms with Gasteiger partial charge in [0.1, 0.15) is 5.65 Å². The summed E-state index contributed by atoms with van der Waals surface area (Å²) in [4.78, 5) is 37.9. The molecular weight excluding hydrogens is 520 g/mol. The summed E-state index contributed by atoms with van der Waals surface area (Å²) < 4.78 is 3.58. The lowest BCUT2D eigenvalue weighted by Gasteiger charge is -2.22. The van der Waals surface area contributed by atoms with Gasteiger partial charge in [-0.25, -0.2) is 9.50 Å². The first-order chi connectivity index (χ1) is 20.1. The molecule has 204 valence electrons. The third-order valence-electron chi connectivity index (χ3n) is 7.33. The van der Waals surface area contributed by atoms with Gasteiger partial charge in [0.2, 0.25) is 0 Å². The molecular formula is C29H26N10O2. The highest BCUT2D eigenvalue weighted by Crippen LogP contribution is 2.30. The molecule has 41 heavy (non-hydrogen) atoms. The van der Waals surface area contributed by atoms with E-state index in [-0.39, 0.29) is 11.8 Å². The molecule has 12 heteroatoms. The van der Waals surface area contributed by atoms with Gasteiger partial charge in [0.25, 0.3) is 11.8 Å². The molecule has 1 aliphatic rings. The maximum Gasteiger partial charge on any atom is 0.259 e. The summed E-state index contributed by atoms with van der Waals surface area (Å²) in [6.07, 6.45) is 15.5. The molecule has 12 nitrogen and oxygen atoms in total. The number of carbonyl (C=O) groups excluding carboxylic acids is 2. The number of fused-ring (bicyclic) bond motifs is 2. The molecule has 0 radical (unpaired) electrons. The van der Waals surface area contributed by atoms with E-state index in [1.54, 1.807) is 47.6 Å². The molecule has 0 atom stereocenters. The first kappa shape index (κ1) is 24.7. The fourth-order valence-electron chi connectivity index (χ4n) is 5.20. The zero-order chi connectivity index (χ0) is 27.8. The monoisotopic (exact) mass is 546 g/mol. The molecule has 0 saturated carbocycles. The van der Waals surface area contributed by atoms with E-state index in [1.165, 1.54) is 6.20 Å². The molecule has 0 bridgehead atoms. The first-order valence-electron chi connectivity index (χ1n) is 13.3. The van der Waals surface area contributed by atoms with Crippen LogP contribution in [0.15, 0.2) is 79.9 Å². The Bertz CT molecular complexity index is 1880. The Hall–Kier alpha value is -5.36. The van der Waals surface area contributed by atoms with Crippen molar-refractivity contribution in [3.05, 3.63) is 91.0 Å². The molecule has 0 aromatic carbocycles. The number of nitrogens with zero attached hydrogens (tertiary/aromatic N) is 6. The van der Waals surface area contributed by atoms with E-state index in [1.807, 2.05) is 35.3 Å². The molecule has 1 fully saturated rings. The normalized spacial score (nSPS) is 14.0. The van der Waals surface area contributed by atoms with Crippen LogP contribution in [0.1, 0.15) is 39.6 Å². The number of anilines is 2. The van der Waals surface area contributed by atoms with Gasteiger partial charge in [-0.15, -0.1) is 0 Å². The van der Waals surface area contributed by atoms with Crippen LogP contribution in [-0.2, 0) is 0 Å². The van der Waals surface area contributed by atoms with Crippen molar-refractivity contribution < 1.29 is 9.59 Å². The summed E-state index contributed by atoms with van der Waals surface area (Å²) in [5.74, 6) is -0.551. The maximum atomic E-state index is 13.2. The largest absolute Gasteiger partial charge is 0.346 e. The summed E-state index contributed by atoms with van der Waals surface area (Å²) in [5.41, 5.74) is 5.09. The van der Waals surface area contributed by atoms with Crippen LogP contribution in [0.5, 0.6) is 0 Å². The molecule has 0 spiro atoms. The molecule has 7 heterocycles. The molecule has 6 aromatic rings. The Kier molecular flexibility index (Phi) is 6.21. The fraction of sp³-hybridized carbons (Fsp3) is 0.172. The number of rotatable bonds is 6. The Morgan fingerprint density at radius 3 is 2.68 bits per heavy atom. The summed E-state index contributed by atoms with van der Waals surface area (Å²) in [6, 6.07) is 9.49. The van der Waals surface area contributed by atoms with Crippen molar-refractivity contribution in [3.8, 4) is 11.1 Å². The van der Waals surface area contributed by atoms with Crippen molar-refractivity contribution in [1.29, 1.82) is 0 Å². The second-order valence-corrected chi connectivity index (χ2v) is 9.97. The summed E-state index contributed by atoms with van der Waals surface area (Å²) in [5, 5.41) is 18.7. The Balaban J connectivity index is 1.15. The number of amides is 2. The first-order valence-corrected chi connectivity index (χ1v) is 13.3. The zero-order valence-electron chi connectivity index (χ0n) is 21.9. The number of aromatic nitrogens is 7. The minimum absolute atomic E-state index is 0.267.